The fourth-order valence-corrected chi connectivity index (χ4v) is 3.66. The van der Waals surface area contributed by atoms with E-state index in [1.165, 1.54) is 7.11 Å². The molecule has 6 heteroatoms. The molecular weight excluding hydrogens is 378 g/mol. The van der Waals surface area contributed by atoms with Crippen LogP contribution in [0, 0.1) is 0 Å². The summed E-state index contributed by atoms with van der Waals surface area (Å²) in [6.45, 7) is 4.65. The molecule has 0 fully saturated rings. The van der Waals surface area contributed by atoms with Crippen LogP contribution in [0.15, 0.2) is 48.7 Å². The summed E-state index contributed by atoms with van der Waals surface area (Å²) in [5.41, 5.74) is 8.50. The molecule has 3 aromatic rings. The molecule has 0 aliphatic rings. The fraction of sp³-hybridized carbons (Fsp3) is 0.333. The van der Waals surface area contributed by atoms with E-state index in [0.29, 0.717) is 28.3 Å². The highest BCUT2D eigenvalue weighted by molar-refractivity contribution is 6.04. The number of Topliss-reactive ketones (excluding diaryl/α,β-unsaturated/α-hetero) is 1. The lowest BCUT2D eigenvalue weighted by molar-refractivity contribution is 0.0946. The SMILES string of the molecule is CCCNC(C)C(=O)c1c(C(N)c2nccc3ccccc23)ccc(OC)c1OC. The first-order chi connectivity index (χ1) is 14.5. The topological polar surface area (TPSA) is 86.5 Å². The second kappa shape index (κ2) is 9.69. The molecule has 30 heavy (non-hydrogen) atoms. The third-order valence-corrected chi connectivity index (χ3v) is 5.25. The van der Waals surface area contributed by atoms with Gasteiger partial charge in [-0.1, -0.05) is 37.3 Å². The van der Waals surface area contributed by atoms with Crippen molar-refractivity contribution in [2.75, 3.05) is 20.8 Å². The molecule has 2 aromatic carbocycles. The van der Waals surface area contributed by atoms with Gasteiger partial charge in [-0.2, -0.15) is 0 Å². The van der Waals surface area contributed by atoms with Gasteiger partial charge in [0.1, 0.15) is 0 Å². The van der Waals surface area contributed by atoms with E-state index in [4.69, 9.17) is 15.2 Å². The van der Waals surface area contributed by atoms with Gasteiger partial charge in [0.15, 0.2) is 17.3 Å². The van der Waals surface area contributed by atoms with Crippen LogP contribution in [-0.2, 0) is 0 Å². The molecule has 3 rings (SSSR count). The molecule has 3 N–H and O–H groups in total. The number of hydrogen-bond acceptors (Lipinski definition) is 6. The Bertz CT molecular complexity index is 1030. The molecule has 0 amide bonds. The predicted octanol–water partition coefficient (Wildman–Crippen LogP) is 3.87. The zero-order chi connectivity index (χ0) is 21.7. The standard InChI is InChI=1S/C24H29N3O3/c1-5-13-26-15(2)23(28)20-18(10-11-19(29-3)24(20)30-4)21(25)22-17-9-7-6-8-16(17)12-14-27-22/h6-12,14-15,21,26H,5,13,25H2,1-4H3. The average Bonchev–Trinajstić information content (AvgIpc) is 2.80. The number of ether oxygens (including phenoxy) is 2. The maximum absolute atomic E-state index is 13.4. The Hall–Kier alpha value is -2.96. The van der Waals surface area contributed by atoms with Crippen LogP contribution in [0.3, 0.4) is 0 Å². The van der Waals surface area contributed by atoms with Crippen molar-refractivity contribution in [3.63, 3.8) is 0 Å². The number of carbonyl (C=O) groups is 1. The molecule has 1 aromatic heterocycles. The normalized spacial score (nSPS) is 13.1. The van der Waals surface area contributed by atoms with Gasteiger partial charge in [-0.05, 0) is 43.0 Å². The number of nitrogens with two attached hydrogens (primary N) is 1. The van der Waals surface area contributed by atoms with Gasteiger partial charge in [-0.15, -0.1) is 0 Å². The van der Waals surface area contributed by atoms with Crippen LogP contribution in [0.25, 0.3) is 10.8 Å². The third kappa shape index (κ3) is 4.15. The predicted molar refractivity (Wildman–Crippen MR) is 119 cm³/mol. The molecular formula is C24H29N3O3. The van der Waals surface area contributed by atoms with Gasteiger partial charge in [0.05, 0.1) is 37.6 Å². The fourth-order valence-electron chi connectivity index (χ4n) is 3.66. The molecule has 1 heterocycles. The number of carbonyl (C=O) groups excluding carboxylic acids is 1. The summed E-state index contributed by atoms with van der Waals surface area (Å²) in [7, 11) is 3.08. The van der Waals surface area contributed by atoms with E-state index in [1.54, 1.807) is 19.4 Å². The molecule has 0 radical (unpaired) electrons. The number of aromatic nitrogens is 1. The van der Waals surface area contributed by atoms with E-state index in [-0.39, 0.29) is 5.78 Å². The minimum atomic E-state index is -0.603. The molecule has 0 aliphatic carbocycles. The molecule has 158 valence electrons. The van der Waals surface area contributed by atoms with Crippen molar-refractivity contribution in [3.8, 4) is 11.5 Å². The highest BCUT2D eigenvalue weighted by Crippen LogP contribution is 2.38. The van der Waals surface area contributed by atoms with E-state index < -0.39 is 12.1 Å². The maximum atomic E-state index is 13.4. The van der Waals surface area contributed by atoms with E-state index >= 15 is 0 Å². The summed E-state index contributed by atoms with van der Waals surface area (Å²) in [6, 6.07) is 12.5. The molecule has 6 nitrogen and oxygen atoms in total. The molecule has 0 saturated carbocycles. The molecule has 0 bridgehead atoms. The van der Waals surface area contributed by atoms with Crippen molar-refractivity contribution in [2.24, 2.45) is 5.73 Å². The molecule has 2 atom stereocenters. The van der Waals surface area contributed by atoms with Crippen LogP contribution in [0.4, 0.5) is 0 Å². The monoisotopic (exact) mass is 407 g/mol. The van der Waals surface area contributed by atoms with Gasteiger partial charge in [0, 0.05) is 11.6 Å². The molecule has 0 spiro atoms. The van der Waals surface area contributed by atoms with Crippen LogP contribution in [0.2, 0.25) is 0 Å². The Kier molecular flexibility index (Phi) is 7.03. The highest BCUT2D eigenvalue weighted by atomic mass is 16.5. The zero-order valence-corrected chi connectivity index (χ0v) is 17.9. The summed E-state index contributed by atoms with van der Waals surface area (Å²) in [4.78, 5) is 18.0. The number of pyridine rings is 1. The highest BCUT2D eigenvalue weighted by Gasteiger charge is 2.29. The van der Waals surface area contributed by atoms with Crippen LogP contribution < -0.4 is 20.5 Å². The van der Waals surface area contributed by atoms with Gasteiger partial charge >= 0.3 is 0 Å². The Labute approximate surface area is 177 Å². The number of nitrogens with one attached hydrogen (secondary N) is 1. The second-order valence-electron chi connectivity index (χ2n) is 7.20. The van der Waals surface area contributed by atoms with Gasteiger partial charge in [0.25, 0.3) is 0 Å². The number of benzene rings is 2. The minimum Gasteiger partial charge on any atom is -0.493 e. The minimum absolute atomic E-state index is 0.0927. The van der Waals surface area contributed by atoms with Crippen LogP contribution in [0.1, 0.15) is 47.9 Å². The van der Waals surface area contributed by atoms with Crippen molar-refractivity contribution in [3.05, 3.63) is 65.5 Å². The zero-order valence-electron chi connectivity index (χ0n) is 17.9. The van der Waals surface area contributed by atoms with E-state index in [9.17, 15) is 4.79 Å². The van der Waals surface area contributed by atoms with Crippen LogP contribution in [-0.4, -0.2) is 37.6 Å². The quantitative estimate of drug-likeness (QED) is 0.524. The van der Waals surface area contributed by atoms with Crippen molar-refractivity contribution in [2.45, 2.75) is 32.4 Å². The van der Waals surface area contributed by atoms with Crippen molar-refractivity contribution < 1.29 is 14.3 Å². The van der Waals surface area contributed by atoms with Crippen molar-refractivity contribution in [1.29, 1.82) is 0 Å². The van der Waals surface area contributed by atoms with Crippen LogP contribution in [0.5, 0.6) is 11.5 Å². The maximum Gasteiger partial charge on any atom is 0.183 e. The molecule has 2 unspecified atom stereocenters. The Morgan fingerprint density at radius 2 is 1.90 bits per heavy atom. The van der Waals surface area contributed by atoms with E-state index in [1.807, 2.05) is 43.3 Å². The van der Waals surface area contributed by atoms with Gasteiger partial charge in [-0.3, -0.25) is 9.78 Å². The number of fused-ring (bicyclic) bond motifs is 1. The summed E-state index contributed by atoms with van der Waals surface area (Å²) < 4.78 is 11.1. The number of rotatable bonds is 9. The number of methoxy groups -OCH3 is 2. The average molecular weight is 408 g/mol. The van der Waals surface area contributed by atoms with E-state index in [0.717, 1.165) is 23.7 Å². The summed E-state index contributed by atoms with van der Waals surface area (Å²) in [6.07, 6.45) is 2.67. The van der Waals surface area contributed by atoms with Gasteiger partial charge in [-0.25, -0.2) is 0 Å². The van der Waals surface area contributed by atoms with Crippen molar-refractivity contribution >= 4 is 16.6 Å². The van der Waals surface area contributed by atoms with Gasteiger partial charge in [0.2, 0.25) is 0 Å². The van der Waals surface area contributed by atoms with Crippen molar-refractivity contribution in [1.82, 2.24) is 10.3 Å². The first kappa shape index (κ1) is 21.7. The lowest BCUT2D eigenvalue weighted by Gasteiger charge is -2.23. The Morgan fingerprint density at radius 1 is 1.13 bits per heavy atom. The van der Waals surface area contributed by atoms with E-state index in [2.05, 4.69) is 17.2 Å². The first-order valence-electron chi connectivity index (χ1n) is 10.1. The Balaban J connectivity index is 2.17. The number of nitrogens with zero attached hydrogens (tertiary/aromatic N) is 1. The lowest BCUT2D eigenvalue weighted by Crippen LogP contribution is -2.35. The Morgan fingerprint density at radius 3 is 2.60 bits per heavy atom. The lowest BCUT2D eigenvalue weighted by atomic mass is 9.90. The number of ketones is 1. The third-order valence-electron chi connectivity index (χ3n) is 5.25. The number of hydrogen-bond donors (Lipinski definition) is 2. The summed E-state index contributed by atoms with van der Waals surface area (Å²) in [5, 5.41) is 5.25. The largest absolute Gasteiger partial charge is 0.493 e. The smallest absolute Gasteiger partial charge is 0.183 e. The second-order valence-corrected chi connectivity index (χ2v) is 7.20. The van der Waals surface area contributed by atoms with Gasteiger partial charge < -0.3 is 20.5 Å². The summed E-state index contributed by atoms with van der Waals surface area (Å²) >= 11 is 0. The summed E-state index contributed by atoms with van der Waals surface area (Å²) in [5.74, 6) is 0.788. The molecule has 0 saturated heterocycles. The van der Waals surface area contributed by atoms with Crippen LogP contribution >= 0.6 is 0 Å². The molecule has 0 aliphatic heterocycles. The first-order valence-corrected chi connectivity index (χ1v) is 10.1.